The Morgan fingerprint density at radius 3 is 0.982 bits per heavy atom. The van der Waals surface area contributed by atoms with E-state index in [4.69, 9.17) is 46.9 Å². The van der Waals surface area contributed by atoms with Crippen LogP contribution in [0.25, 0.3) is 0 Å². The summed E-state index contributed by atoms with van der Waals surface area (Å²) in [6.45, 7) is 5.58. The molecule has 2 heterocycles. The quantitative estimate of drug-likeness (QED) is 0.0117. The molecule has 3 rings (SSSR count). The molecule has 26 heteroatoms. The van der Waals surface area contributed by atoms with Crippen LogP contribution < -0.4 is 0 Å². The van der Waals surface area contributed by atoms with Crippen LogP contribution in [0.1, 0.15) is 387 Å². The standard InChI is InChI=1S/C85H159O25P/c1-5-9-13-17-21-25-29-33-37-41-45-49-53-57-68(87)101-62-65(104-70(89)59-55-51-47-43-39-35-31-27-23-19-15-11-7-3)63-103-111(99,100)110-83-81(108-84-78(97)74(93)72(91)66(61-86)105-84)77(96)76(95)80(107-71(90)60-56-52-48-44-40-36-32-28-24-20-16-12-8-4)82(83)109-85-79(98)75(94)73(92)67(106-85)64-102-69(88)58-54-50-46-42-38-34-30-26-22-18-14-10-6-2/h65-67,72-86,91-98H,5-64H2,1-4H3,(H,99,100). The van der Waals surface area contributed by atoms with E-state index >= 15 is 0 Å². The molecule has 0 aromatic rings. The van der Waals surface area contributed by atoms with Gasteiger partial charge in [0.05, 0.1) is 13.2 Å². The zero-order valence-electron chi connectivity index (χ0n) is 69.3. The summed E-state index contributed by atoms with van der Waals surface area (Å²) in [7, 11) is -5.79. The second kappa shape index (κ2) is 65.4. The molecule has 0 spiro atoms. The number of aliphatic hydroxyl groups excluding tert-OH is 9. The Morgan fingerprint density at radius 1 is 0.324 bits per heavy atom. The number of rotatable bonds is 72. The molecule has 18 unspecified atom stereocenters. The molecule has 0 radical (unpaired) electrons. The third-order valence-electron chi connectivity index (χ3n) is 22.1. The van der Waals surface area contributed by atoms with Crippen LogP contribution in [0.2, 0.25) is 0 Å². The monoisotopic (exact) mass is 1610 g/mol. The van der Waals surface area contributed by atoms with Gasteiger partial charge in [-0.25, -0.2) is 4.57 Å². The van der Waals surface area contributed by atoms with Crippen molar-refractivity contribution in [3.8, 4) is 0 Å². The van der Waals surface area contributed by atoms with Crippen molar-refractivity contribution in [1.82, 2.24) is 0 Å². The minimum absolute atomic E-state index is 0.0197. The number of carbonyl (C=O) groups excluding carboxylic acids is 4. The lowest BCUT2D eigenvalue weighted by Gasteiger charge is -2.50. The Morgan fingerprint density at radius 2 is 0.622 bits per heavy atom. The van der Waals surface area contributed by atoms with E-state index in [-0.39, 0.29) is 25.7 Å². The summed E-state index contributed by atoms with van der Waals surface area (Å²) < 4.78 is 73.2. The molecule has 1 aliphatic carbocycles. The molecule has 18 atom stereocenters. The Hall–Kier alpha value is -2.53. The molecule has 654 valence electrons. The number of unbranched alkanes of at least 4 members (excludes halogenated alkanes) is 48. The molecule has 25 nitrogen and oxygen atoms in total. The van der Waals surface area contributed by atoms with Gasteiger partial charge in [-0.2, -0.15) is 0 Å². The molecule has 3 fully saturated rings. The summed E-state index contributed by atoms with van der Waals surface area (Å²) in [5, 5.41) is 102. The number of phosphoric ester groups is 1. The lowest BCUT2D eigenvalue weighted by Crippen LogP contribution is -2.70. The van der Waals surface area contributed by atoms with E-state index in [0.717, 1.165) is 128 Å². The number of hydrogen-bond acceptors (Lipinski definition) is 24. The highest BCUT2D eigenvalue weighted by Crippen LogP contribution is 2.49. The van der Waals surface area contributed by atoms with Gasteiger partial charge in [-0.3, -0.25) is 28.2 Å². The minimum Gasteiger partial charge on any atom is -0.463 e. The normalized spacial score (nSPS) is 25.7. The predicted octanol–water partition coefficient (Wildman–Crippen LogP) is 15.4. The van der Waals surface area contributed by atoms with Gasteiger partial charge in [0.2, 0.25) is 0 Å². The molecule has 0 aromatic heterocycles. The average Bonchev–Trinajstić information content (AvgIpc) is 0.754. The molecule has 10 N–H and O–H groups in total. The van der Waals surface area contributed by atoms with Crippen molar-refractivity contribution in [2.45, 2.75) is 491 Å². The SMILES string of the molecule is CCCCCCCCCCCCCCCC(=O)OCC(COP(=O)(O)OC1C(OC2OC(CO)C(O)C(O)C2O)C(O)C(O)C(OC(=O)CCCCCCCCCCCCCCC)C1OC1OC(COC(=O)CCCCCCCCCCCCCCC)C(O)C(O)C1O)OC(=O)CCCCCCCCCCCCCCC. The first kappa shape index (κ1) is 103. The lowest BCUT2D eigenvalue weighted by molar-refractivity contribution is -0.360. The van der Waals surface area contributed by atoms with E-state index in [1.54, 1.807) is 0 Å². The first-order chi connectivity index (χ1) is 53.7. The number of phosphoric acid groups is 1. The van der Waals surface area contributed by atoms with Crippen molar-refractivity contribution in [1.29, 1.82) is 0 Å². The van der Waals surface area contributed by atoms with Crippen LogP contribution in [0.3, 0.4) is 0 Å². The molecule has 1 saturated carbocycles. The van der Waals surface area contributed by atoms with Gasteiger partial charge in [0.15, 0.2) is 24.8 Å². The van der Waals surface area contributed by atoms with Gasteiger partial charge in [0.25, 0.3) is 0 Å². The fraction of sp³-hybridized carbons (Fsp3) is 0.953. The Kier molecular flexibility index (Phi) is 60.5. The Balaban J connectivity index is 1.93. The smallest absolute Gasteiger partial charge is 0.463 e. The largest absolute Gasteiger partial charge is 0.472 e. The van der Waals surface area contributed by atoms with E-state index in [1.807, 2.05) is 0 Å². The average molecular weight is 1610 g/mol. The van der Waals surface area contributed by atoms with Crippen molar-refractivity contribution in [3.05, 3.63) is 0 Å². The number of carbonyl (C=O) groups is 4. The molecule has 2 saturated heterocycles. The maximum Gasteiger partial charge on any atom is 0.472 e. The van der Waals surface area contributed by atoms with E-state index in [9.17, 15) is 74.6 Å². The molecule has 0 bridgehead atoms. The van der Waals surface area contributed by atoms with E-state index < -0.39 is 162 Å². The molecule has 3 aliphatic rings. The molecule has 111 heavy (non-hydrogen) atoms. The van der Waals surface area contributed by atoms with Crippen LogP contribution in [0, 0.1) is 0 Å². The summed E-state index contributed by atoms with van der Waals surface area (Å²) in [5.74, 6) is -2.95. The fourth-order valence-corrected chi connectivity index (χ4v) is 15.9. The number of aliphatic hydroxyl groups is 9. The fourth-order valence-electron chi connectivity index (χ4n) is 15.0. The lowest BCUT2D eigenvalue weighted by atomic mass is 9.84. The van der Waals surface area contributed by atoms with Gasteiger partial charge in [0, 0.05) is 25.7 Å². The molecular weight excluding hydrogens is 1450 g/mol. The molecule has 0 amide bonds. The Bertz CT molecular complexity index is 2320. The van der Waals surface area contributed by atoms with Crippen LogP contribution in [-0.4, -0.2) is 205 Å². The van der Waals surface area contributed by atoms with Crippen LogP contribution in [0.5, 0.6) is 0 Å². The van der Waals surface area contributed by atoms with Crippen molar-refractivity contribution in [2.24, 2.45) is 0 Å². The van der Waals surface area contributed by atoms with Gasteiger partial charge >= 0.3 is 31.7 Å². The number of ether oxygens (including phenoxy) is 8. The summed E-state index contributed by atoms with van der Waals surface area (Å²) in [4.78, 5) is 66.2. The van der Waals surface area contributed by atoms with E-state index in [0.29, 0.717) is 32.1 Å². The zero-order chi connectivity index (χ0) is 81.1. The van der Waals surface area contributed by atoms with Crippen LogP contribution in [-0.2, 0) is 70.7 Å². The van der Waals surface area contributed by atoms with Gasteiger partial charge < -0.3 is 88.7 Å². The summed E-state index contributed by atoms with van der Waals surface area (Å²) >= 11 is 0. The third-order valence-corrected chi connectivity index (χ3v) is 23.1. The zero-order valence-corrected chi connectivity index (χ0v) is 70.2. The highest BCUT2D eigenvalue weighted by Gasteiger charge is 2.60. The van der Waals surface area contributed by atoms with E-state index in [1.165, 1.54) is 173 Å². The van der Waals surface area contributed by atoms with Crippen molar-refractivity contribution in [3.63, 3.8) is 0 Å². The molecule has 2 aliphatic heterocycles. The molecular formula is C85H159O25P. The van der Waals surface area contributed by atoms with Gasteiger partial charge in [-0.05, 0) is 25.7 Å². The second-order valence-corrected chi connectivity index (χ2v) is 33.5. The van der Waals surface area contributed by atoms with Crippen LogP contribution in [0.15, 0.2) is 0 Å². The summed E-state index contributed by atoms with van der Waals surface area (Å²) in [6, 6.07) is 0. The topological polar surface area (TPSA) is 380 Å². The van der Waals surface area contributed by atoms with Gasteiger partial charge in [-0.1, -0.05) is 336 Å². The number of esters is 4. The predicted molar refractivity (Wildman–Crippen MR) is 426 cm³/mol. The van der Waals surface area contributed by atoms with Crippen molar-refractivity contribution >= 4 is 31.7 Å². The first-order valence-corrected chi connectivity index (χ1v) is 46.3. The first-order valence-electron chi connectivity index (χ1n) is 44.8. The highest BCUT2D eigenvalue weighted by molar-refractivity contribution is 7.47. The maximum absolute atomic E-state index is 14.8. The summed E-state index contributed by atoms with van der Waals surface area (Å²) in [6.07, 6.45) is 19.8. The number of hydrogen-bond donors (Lipinski definition) is 10. The maximum atomic E-state index is 14.8. The van der Waals surface area contributed by atoms with Gasteiger partial charge in [0.1, 0.15) is 92.6 Å². The Labute approximate surface area is 668 Å². The van der Waals surface area contributed by atoms with Crippen molar-refractivity contribution < 1.29 is 122 Å². The second-order valence-electron chi connectivity index (χ2n) is 32.1. The highest BCUT2D eigenvalue weighted by atomic mass is 31.2. The molecule has 0 aromatic carbocycles. The van der Waals surface area contributed by atoms with Crippen LogP contribution >= 0.6 is 7.82 Å². The van der Waals surface area contributed by atoms with Crippen LogP contribution in [0.4, 0.5) is 0 Å². The minimum atomic E-state index is -5.79. The van der Waals surface area contributed by atoms with Gasteiger partial charge in [-0.15, -0.1) is 0 Å². The van der Waals surface area contributed by atoms with Crippen molar-refractivity contribution in [2.75, 3.05) is 26.4 Å². The third kappa shape index (κ3) is 46.4. The summed E-state index contributed by atoms with van der Waals surface area (Å²) in [5.41, 5.74) is 0. The van der Waals surface area contributed by atoms with E-state index in [2.05, 4.69) is 27.7 Å².